The molecule has 3 aliphatic rings. The van der Waals surface area contributed by atoms with Gasteiger partial charge < -0.3 is 9.47 Å². The van der Waals surface area contributed by atoms with Crippen molar-refractivity contribution in [2.45, 2.75) is 58.2 Å². The molecule has 0 fully saturated rings. The number of ether oxygens (including phenoxy) is 2. The first kappa shape index (κ1) is 23.5. The molecule has 2 amide bonds. The number of methoxy groups -OCH3 is 1. The quantitative estimate of drug-likeness (QED) is 0.457. The van der Waals surface area contributed by atoms with Crippen molar-refractivity contribution in [3.8, 4) is 11.5 Å². The summed E-state index contributed by atoms with van der Waals surface area (Å²) in [6, 6.07) is 17.2. The molecule has 3 heterocycles. The van der Waals surface area contributed by atoms with Gasteiger partial charge in [-0.2, -0.15) is 0 Å². The van der Waals surface area contributed by atoms with Crippen molar-refractivity contribution in [3.63, 3.8) is 0 Å². The van der Waals surface area contributed by atoms with E-state index in [1.54, 1.807) is 31.4 Å². The van der Waals surface area contributed by atoms with Crippen molar-refractivity contribution in [1.29, 1.82) is 0 Å². The van der Waals surface area contributed by atoms with E-state index in [9.17, 15) is 9.59 Å². The smallest absolute Gasteiger partial charge is 0.261 e. The second-order valence-electron chi connectivity index (χ2n) is 11.3. The summed E-state index contributed by atoms with van der Waals surface area (Å²) in [6.07, 6.45) is 1.36. The van der Waals surface area contributed by atoms with Crippen LogP contribution < -0.4 is 9.47 Å². The highest BCUT2D eigenvalue weighted by Gasteiger charge is 2.43. The summed E-state index contributed by atoms with van der Waals surface area (Å²) in [5.74, 6) is 0.706. The molecule has 37 heavy (non-hydrogen) atoms. The van der Waals surface area contributed by atoms with Crippen molar-refractivity contribution in [2.24, 2.45) is 4.99 Å². The lowest BCUT2D eigenvalue weighted by Crippen LogP contribution is -2.34. The average molecular weight is 495 g/mol. The molecule has 0 bridgehead atoms. The minimum absolute atomic E-state index is 0.104. The Kier molecular flexibility index (Phi) is 5.10. The molecule has 3 aromatic carbocycles. The van der Waals surface area contributed by atoms with E-state index in [2.05, 4.69) is 39.8 Å². The Morgan fingerprint density at radius 2 is 1.51 bits per heavy atom. The Balaban J connectivity index is 1.59. The Hall–Kier alpha value is -3.93. The molecule has 3 aromatic rings. The van der Waals surface area contributed by atoms with Gasteiger partial charge in [0.05, 0.1) is 36.0 Å². The molecule has 0 atom stereocenters. The Labute approximate surface area is 216 Å². The average Bonchev–Trinajstić information content (AvgIpc) is 3.31. The number of hydrogen-bond donors (Lipinski definition) is 0. The van der Waals surface area contributed by atoms with Crippen molar-refractivity contribution < 1.29 is 19.1 Å². The normalized spacial score (nSPS) is 18.6. The van der Waals surface area contributed by atoms with Crippen LogP contribution in [0.25, 0.3) is 0 Å². The summed E-state index contributed by atoms with van der Waals surface area (Å²) in [6.45, 7) is 8.46. The fraction of sp³-hybridized carbons (Fsp3) is 0.323. The number of imide groups is 1. The first-order chi connectivity index (χ1) is 17.6. The summed E-state index contributed by atoms with van der Waals surface area (Å²) < 4.78 is 12.5. The Bertz CT molecular complexity index is 1470. The number of fused-ring (bicyclic) bond motifs is 4. The van der Waals surface area contributed by atoms with E-state index in [4.69, 9.17) is 14.5 Å². The molecule has 0 saturated carbocycles. The van der Waals surface area contributed by atoms with Crippen molar-refractivity contribution in [3.05, 3.63) is 93.5 Å². The summed E-state index contributed by atoms with van der Waals surface area (Å²) in [5.41, 5.74) is 5.98. The zero-order valence-corrected chi connectivity index (χ0v) is 21.8. The zero-order chi connectivity index (χ0) is 26.1. The lowest BCUT2D eigenvalue weighted by atomic mass is 9.78. The maximum absolute atomic E-state index is 13.3. The van der Waals surface area contributed by atoms with Crippen LogP contribution in [0.2, 0.25) is 0 Å². The molecule has 3 aliphatic heterocycles. The molecule has 0 spiro atoms. The first-order valence-electron chi connectivity index (χ1n) is 12.6. The van der Waals surface area contributed by atoms with E-state index in [0.29, 0.717) is 35.5 Å². The standard InChI is InChI=1S/C31H30N2O4/c1-30(2)15-21-23(17-33-28(34)19-13-9-10-14-20(19)29(33)35)26(36-5)27-22(16-31(3,4)37-27)24(21)25(32-30)18-11-7-6-8-12-18/h6-14H,15-17H2,1-5H3. The number of rotatable bonds is 4. The summed E-state index contributed by atoms with van der Waals surface area (Å²) in [4.78, 5) is 33.2. The Morgan fingerprint density at radius 3 is 2.14 bits per heavy atom. The molecular weight excluding hydrogens is 464 g/mol. The monoisotopic (exact) mass is 494 g/mol. The van der Waals surface area contributed by atoms with Crippen LogP contribution in [0, 0.1) is 0 Å². The zero-order valence-electron chi connectivity index (χ0n) is 21.8. The van der Waals surface area contributed by atoms with Crippen LogP contribution in [-0.2, 0) is 19.4 Å². The van der Waals surface area contributed by atoms with E-state index in [-0.39, 0.29) is 23.9 Å². The summed E-state index contributed by atoms with van der Waals surface area (Å²) >= 11 is 0. The van der Waals surface area contributed by atoms with Crippen LogP contribution >= 0.6 is 0 Å². The molecule has 6 rings (SSSR count). The SMILES string of the molecule is COc1c(CN2C(=O)c3ccccc3C2=O)c2c(c3c1OC(C)(C)C3)C(c1ccccc1)=NC(C)(C)C2. The highest BCUT2D eigenvalue weighted by Crippen LogP contribution is 2.51. The van der Waals surface area contributed by atoms with Gasteiger partial charge in [-0.25, -0.2) is 0 Å². The van der Waals surface area contributed by atoms with Gasteiger partial charge in [0.2, 0.25) is 0 Å². The Morgan fingerprint density at radius 1 is 0.892 bits per heavy atom. The molecule has 188 valence electrons. The number of amides is 2. The predicted molar refractivity (Wildman–Crippen MR) is 142 cm³/mol. The second kappa shape index (κ2) is 8.04. The molecule has 0 aromatic heterocycles. The third kappa shape index (κ3) is 3.66. The summed E-state index contributed by atoms with van der Waals surface area (Å²) in [7, 11) is 1.63. The highest BCUT2D eigenvalue weighted by atomic mass is 16.5. The highest BCUT2D eigenvalue weighted by molar-refractivity contribution is 6.21. The molecule has 6 heteroatoms. The molecular formula is C31H30N2O4. The van der Waals surface area contributed by atoms with Crippen LogP contribution in [0.1, 0.15) is 76.2 Å². The third-order valence-corrected chi connectivity index (χ3v) is 7.41. The number of nitrogens with zero attached hydrogens (tertiary/aromatic N) is 2. The number of aliphatic imine (C=N–C) groups is 1. The number of hydrogen-bond acceptors (Lipinski definition) is 5. The van der Waals surface area contributed by atoms with Crippen molar-refractivity contribution in [2.75, 3.05) is 7.11 Å². The fourth-order valence-electron chi connectivity index (χ4n) is 5.91. The van der Waals surface area contributed by atoms with Gasteiger partial charge in [-0.15, -0.1) is 0 Å². The summed E-state index contributed by atoms with van der Waals surface area (Å²) in [5, 5.41) is 0. The molecule has 0 unspecified atom stereocenters. The first-order valence-corrected chi connectivity index (χ1v) is 12.6. The predicted octanol–water partition coefficient (Wildman–Crippen LogP) is 5.38. The van der Waals surface area contributed by atoms with Gasteiger partial charge in [0.25, 0.3) is 11.8 Å². The van der Waals surface area contributed by atoms with E-state index in [0.717, 1.165) is 33.5 Å². The van der Waals surface area contributed by atoms with E-state index in [1.165, 1.54) is 4.90 Å². The minimum Gasteiger partial charge on any atom is -0.492 e. The topological polar surface area (TPSA) is 68.2 Å². The van der Waals surface area contributed by atoms with Crippen molar-refractivity contribution in [1.82, 2.24) is 4.90 Å². The van der Waals surface area contributed by atoms with Crippen LogP contribution in [0.5, 0.6) is 11.5 Å². The lowest BCUT2D eigenvalue weighted by molar-refractivity contribution is 0.0640. The maximum Gasteiger partial charge on any atom is 0.261 e. The molecule has 0 radical (unpaired) electrons. The minimum atomic E-state index is -0.424. The van der Waals surface area contributed by atoms with Gasteiger partial charge >= 0.3 is 0 Å². The molecule has 6 nitrogen and oxygen atoms in total. The number of benzene rings is 3. The van der Waals surface area contributed by atoms with Gasteiger partial charge in [0.1, 0.15) is 5.60 Å². The molecule has 0 aliphatic carbocycles. The fourth-order valence-corrected chi connectivity index (χ4v) is 5.91. The van der Waals surface area contributed by atoms with Crippen LogP contribution in [0.3, 0.4) is 0 Å². The van der Waals surface area contributed by atoms with Gasteiger partial charge in [-0.1, -0.05) is 42.5 Å². The van der Waals surface area contributed by atoms with E-state index >= 15 is 0 Å². The molecule has 0 N–H and O–H groups in total. The van der Waals surface area contributed by atoms with Crippen molar-refractivity contribution >= 4 is 17.5 Å². The van der Waals surface area contributed by atoms with Gasteiger partial charge in [0.15, 0.2) is 11.5 Å². The van der Waals surface area contributed by atoms with Gasteiger partial charge in [-0.05, 0) is 51.8 Å². The number of carbonyl (C=O) groups is 2. The van der Waals surface area contributed by atoms with Crippen LogP contribution in [0.15, 0.2) is 59.6 Å². The maximum atomic E-state index is 13.3. The second-order valence-corrected chi connectivity index (χ2v) is 11.3. The lowest BCUT2D eigenvalue weighted by Gasteiger charge is -2.33. The van der Waals surface area contributed by atoms with Crippen LogP contribution in [0.4, 0.5) is 0 Å². The third-order valence-electron chi connectivity index (χ3n) is 7.41. The van der Waals surface area contributed by atoms with E-state index in [1.807, 2.05) is 18.2 Å². The number of carbonyl (C=O) groups excluding carboxylic acids is 2. The van der Waals surface area contributed by atoms with Crippen LogP contribution in [-0.4, -0.2) is 40.7 Å². The van der Waals surface area contributed by atoms with E-state index < -0.39 is 5.60 Å². The molecule has 0 saturated heterocycles. The van der Waals surface area contributed by atoms with Gasteiger partial charge in [-0.3, -0.25) is 19.5 Å². The van der Waals surface area contributed by atoms with Gasteiger partial charge in [0, 0.05) is 28.7 Å². The largest absolute Gasteiger partial charge is 0.492 e.